The van der Waals surface area contributed by atoms with Crippen molar-refractivity contribution in [1.82, 2.24) is 4.90 Å². The molecule has 2 aromatic rings. The van der Waals surface area contributed by atoms with Crippen LogP contribution in [0.15, 0.2) is 48.5 Å². The van der Waals surface area contributed by atoms with Gasteiger partial charge >= 0.3 is 5.97 Å². The van der Waals surface area contributed by atoms with E-state index in [9.17, 15) is 14.0 Å². The van der Waals surface area contributed by atoms with E-state index in [1.807, 2.05) is 6.07 Å². The topological polar surface area (TPSA) is 55.8 Å². The third-order valence-electron chi connectivity index (χ3n) is 4.36. The first-order chi connectivity index (χ1) is 12.6. The molecule has 2 aromatic carbocycles. The molecule has 6 heteroatoms. The molecule has 5 nitrogen and oxygen atoms in total. The summed E-state index contributed by atoms with van der Waals surface area (Å²) in [5, 5.41) is 0. The molecule has 1 atom stereocenters. The van der Waals surface area contributed by atoms with E-state index in [1.54, 1.807) is 29.2 Å². The van der Waals surface area contributed by atoms with Gasteiger partial charge in [0.25, 0.3) is 5.91 Å². The maximum absolute atomic E-state index is 13.9. The van der Waals surface area contributed by atoms with Crippen LogP contribution in [0.2, 0.25) is 0 Å². The van der Waals surface area contributed by atoms with Gasteiger partial charge in [-0.25, -0.2) is 9.18 Å². The lowest BCUT2D eigenvalue weighted by atomic mass is 10.1. The van der Waals surface area contributed by atoms with Crippen LogP contribution in [-0.4, -0.2) is 37.0 Å². The number of methoxy groups -OCH3 is 1. The SMILES string of the molecule is COc1ccc(C(=O)O[C@@H](C(=O)N2CCCC2)c2ccccc2)cc1F. The first-order valence-corrected chi connectivity index (χ1v) is 8.48. The molecule has 1 amide bonds. The third kappa shape index (κ3) is 3.85. The molecule has 0 spiro atoms. The molecule has 1 aliphatic heterocycles. The Bertz CT molecular complexity index is 788. The van der Waals surface area contributed by atoms with Gasteiger partial charge in [0, 0.05) is 18.7 Å². The van der Waals surface area contributed by atoms with Crippen LogP contribution >= 0.6 is 0 Å². The summed E-state index contributed by atoms with van der Waals surface area (Å²) in [6.07, 6.45) is 0.822. The standard InChI is InChI=1S/C20H20FNO4/c1-25-17-10-9-15(13-16(17)21)20(24)26-18(14-7-3-2-4-8-14)19(23)22-11-5-6-12-22/h2-4,7-10,13,18H,5-6,11-12H2,1H3/t18-/m1/s1. The Morgan fingerprint density at radius 3 is 2.38 bits per heavy atom. The maximum atomic E-state index is 13.9. The van der Waals surface area contributed by atoms with Crippen LogP contribution < -0.4 is 4.74 Å². The molecule has 26 heavy (non-hydrogen) atoms. The summed E-state index contributed by atoms with van der Waals surface area (Å²) in [6, 6.07) is 12.7. The van der Waals surface area contributed by atoms with Crippen LogP contribution in [0.25, 0.3) is 0 Å². The van der Waals surface area contributed by atoms with Crippen molar-refractivity contribution in [3.05, 3.63) is 65.5 Å². The molecular weight excluding hydrogens is 337 g/mol. The van der Waals surface area contributed by atoms with Gasteiger partial charge in [-0.3, -0.25) is 4.79 Å². The first-order valence-electron chi connectivity index (χ1n) is 8.48. The van der Waals surface area contributed by atoms with Gasteiger partial charge in [0.1, 0.15) is 0 Å². The summed E-state index contributed by atoms with van der Waals surface area (Å²) >= 11 is 0. The zero-order chi connectivity index (χ0) is 18.5. The minimum atomic E-state index is -1.05. The second kappa shape index (κ2) is 7.99. The highest BCUT2D eigenvalue weighted by Gasteiger charge is 2.31. The molecule has 0 radical (unpaired) electrons. The number of esters is 1. The van der Waals surface area contributed by atoms with Crippen molar-refractivity contribution in [2.24, 2.45) is 0 Å². The van der Waals surface area contributed by atoms with Gasteiger partial charge in [0.2, 0.25) is 6.10 Å². The van der Waals surface area contributed by atoms with E-state index in [2.05, 4.69) is 0 Å². The van der Waals surface area contributed by atoms with E-state index < -0.39 is 17.9 Å². The summed E-state index contributed by atoms with van der Waals surface area (Å²) < 4.78 is 24.2. The Hall–Kier alpha value is -2.89. The lowest BCUT2D eigenvalue weighted by Crippen LogP contribution is -2.34. The van der Waals surface area contributed by atoms with Crippen molar-refractivity contribution >= 4 is 11.9 Å². The van der Waals surface area contributed by atoms with Crippen LogP contribution in [0, 0.1) is 5.82 Å². The van der Waals surface area contributed by atoms with Crippen molar-refractivity contribution < 1.29 is 23.5 Å². The van der Waals surface area contributed by atoms with Gasteiger partial charge < -0.3 is 14.4 Å². The first kappa shape index (κ1) is 17.9. The molecule has 1 aliphatic rings. The summed E-state index contributed by atoms with van der Waals surface area (Å²) in [5.41, 5.74) is 0.616. The number of rotatable bonds is 5. The molecule has 0 bridgehead atoms. The van der Waals surface area contributed by atoms with Crippen LogP contribution in [-0.2, 0) is 9.53 Å². The van der Waals surface area contributed by atoms with Gasteiger partial charge in [-0.2, -0.15) is 0 Å². The predicted molar refractivity (Wildman–Crippen MR) is 93.4 cm³/mol. The van der Waals surface area contributed by atoms with Crippen LogP contribution in [0.5, 0.6) is 5.75 Å². The monoisotopic (exact) mass is 357 g/mol. The number of ether oxygens (including phenoxy) is 2. The van der Waals surface area contributed by atoms with Crippen molar-refractivity contribution in [1.29, 1.82) is 0 Å². The summed E-state index contributed by atoms with van der Waals surface area (Å²) in [4.78, 5) is 27.0. The summed E-state index contributed by atoms with van der Waals surface area (Å²) in [7, 11) is 1.34. The van der Waals surface area contributed by atoms with Gasteiger partial charge in [0.05, 0.1) is 12.7 Å². The Balaban J connectivity index is 1.84. The average Bonchev–Trinajstić information content (AvgIpc) is 3.21. The van der Waals surface area contributed by atoms with Crippen LogP contribution in [0.1, 0.15) is 34.9 Å². The summed E-state index contributed by atoms with van der Waals surface area (Å²) in [5.74, 6) is -1.64. The highest BCUT2D eigenvalue weighted by Crippen LogP contribution is 2.25. The number of hydrogen-bond donors (Lipinski definition) is 0. The second-order valence-electron chi connectivity index (χ2n) is 6.08. The minimum absolute atomic E-state index is 0.0263. The number of nitrogens with zero attached hydrogens (tertiary/aromatic N) is 1. The minimum Gasteiger partial charge on any atom is -0.494 e. The largest absolute Gasteiger partial charge is 0.494 e. The second-order valence-corrected chi connectivity index (χ2v) is 6.08. The fourth-order valence-electron chi connectivity index (χ4n) is 2.96. The Morgan fingerprint density at radius 1 is 1.08 bits per heavy atom. The lowest BCUT2D eigenvalue weighted by Gasteiger charge is -2.23. The third-order valence-corrected chi connectivity index (χ3v) is 4.36. The highest BCUT2D eigenvalue weighted by molar-refractivity contribution is 5.93. The molecular formula is C20H20FNO4. The average molecular weight is 357 g/mol. The number of benzene rings is 2. The van der Waals surface area contributed by atoms with E-state index in [0.29, 0.717) is 18.7 Å². The molecule has 1 fully saturated rings. The fraction of sp³-hybridized carbons (Fsp3) is 0.300. The number of amides is 1. The maximum Gasteiger partial charge on any atom is 0.339 e. The molecule has 1 heterocycles. The van der Waals surface area contributed by atoms with Crippen molar-refractivity contribution in [2.45, 2.75) is 18.9 Å². The zero-order valence-electron chi connectivity index (χ0n) is 14.5. The van der Waals surface area contributed by atoms with E-state index in [-0.39, 0.29) is 17.2 Å². The predicted octanol–water partition coefficient (Wildman–Crippen LogP) is 3.35. The summed E-state index contributed by atoms with van der Waals surface area (Å²) in [6.45, 7) is 1.30. The number of carbonyl (C=O) groups is 2. The highest BCUT2D eigenvalue weighted by atomic mass is 19.1. The van der Waals surface area contributed by atoms with Crippen LogP contribution in [0.4, 0.5) is 4.39 Å². The van der Waals surface area contributed by atoms with E-state index in [4.69, 9.17) is 9.47 Å². The van der Waals surface area contributed by atoms with Gasteiger partial charge in [-0.1, -0.05) is 30.3 Å². The Morgan fingerprint density at radius 2 is 1.77 bits per heavy atom. The molecule has 0 aliphatic carbocycles. The Kier molecular flexibility index (Phi) is 5.51. The molecule has 136 valence electrons. The van der Waals surface area contributed by atoms with E-state index in [1.165, 1.54) is 19.2 Å². The molecule has 0 N–H and O–H groups in total. The normalized spacial score (nSPS) is 14.8. The van der Waals surface area contributed by atoms with Crippen molar-refractivity contribution in [3.63, 3.8) is 0 Å². The fourth-order valence-corrected chi connectivity index (χ4v) is 2.96. The van der Waals surface area contributed by atoms with Crippen LogP contribution in [0.3, 0.4) is 0 Å². The Labute approximate surface area is 151 Å². The number of halogens is 1. The molecule has 0 saturated carbocycles. The van der Waals surface area contributed by atoms with Crippen molar-refractivity contribution in [3.8, 4) is 5.75 Å². The smallest absolute Gasteiger partial charge is 0.339 e. The number of carbonyl (C=O) groups excluding carboxylic acids is 2. The van der Waals surface area contributed by atoms with Gasteiger partial charge in [-0.05, 0) is 31.0 Å². The quantitative estimate of drug-likeness (QED) is 0.770. The molecule has 1 saturated heterocycles. The molecule has 0 unspecified atom stereocenters. The number of likely N-dealkylation sites (tertiary alicyclic amines) is 1. The van der Waals surface area contributed by atoms with Gasteiger partial charge in [-0.15, -0.1) is 0 Å². The molecule has 3 rings (SSSR count). The van der Waals surface area contributed by atoms with Crippen molar-refractivity contribution in [2.75, 3.05) is 20.2 Å². The van der Waals surface area contributed by atoms with E-state index in [0.717, 1.165) is 18.9 Å². The molecule has 0 aromatic heterocycles. The van der Waals surface area contributed by atoms with E-state index >= 15 is 0 Å². The lowest BCUT2D eigenvalue weighted by molar-refractivity contribution is -0.140. The van der Waals surface area contributed by atoms with Gasteiger partial charge in [0.15, 0.2) is 11.6 Å². The number of hydrogen-bond acceptors (Lipinski definition) is 4. The zero-order valence-corrected chi connectivity index (χ0v) is 14.5.